The van der Waals surface area contributed by atoms with Gasteiger partial charge >= 0.3 is 0 Å². The zero-order valence-corrected chi connectivity index (χ0v) is 27.8. The highest BCUT2D eigenvalue weighted by molar-refractivity contribution is 6.10. The van der Waals surface area contributed by atoms with E-state index in [4.69, 9.17) is 4.42 Å². The van der Waals surface area contributed by atoms with Gasteiger partial charge in [0, 0.05) is 44.3 Å². The second-order valence-corrected chi connectivity index (χ2v) is 12.7. The first-order valence-corrected chi connectivity index (χ1v) is 17.0. The summed E-state index contributed by atoms with van der Waals surface area (Å²) in [6.45, 7) is 6.41. The molecule has 7 aromatic carbocycles. The van der Waals surface area contributed by atoms with Gasteiger partial charge in [-0.3, -0.25) is 0 Å². The molecule has 0 saturated carbocycles. The third-order valence-electron chi connectivity index (χ3n) is 9.74. The van der Waals surface area contributed by atoms with Crippen LogP contribution >= 0.6 is 0 Å². The molecule has 0 unspecified atom stereocenters. The van der Waals surface area contributed by atoms with Gasteiger partial charge in [-0.15, -0.1) is 0 Å². The maximum Gasteiger partial charge on any atom is 0.135 e. The van der Waals surface area contributed by atoms with E-state index in [0.717, 1.165) is 55.7 Å². The zero-order chi connectivity index (χ0) is 33.6. The van der Waals surface area contributed by atoms with E-state index in [1.807, 2.05) is 18.2 Å². The molecule has 9 aromatic rings. The lowest BCUT2D eigenvalue weighted by atomic mass is 9.98. The van der Waals surface area contributed by atoms with Crippen molar-refractivity contribution in [1.82, 2.24) is 4.57 Å². The van der Waals surface area contributed by atoms with Gasteiger partial charge in [0.25, 0.3) is 0 Å². The molecule has 0 atom stereocenters. The molecule has 0 fully saturated rings. The summed E-state index contributed by atoms with van der Waals surface area (Å²) in [5.74, 6) is 0. The predicted octanol–water partition coefficient (Wildman–Crippen LogP) is 13.3. The number of aromatic nitrogens is 1. The van der Waals surface area contributed by atoms with Gasteiger partial charge in [-0.25, -0.2) is 0 Å². The molecule has 0 aliphatic heterocycles. The molecule has 0 amide bonds. The molecule has 0 bridgehead atoms. The van der Waals surface area contributed by atoms with Gasteiger partial charge in [-0.05, 0) is 95.6 Å². The van der Waals surface area contributed by atoms with Gasteiger partial charge in [-0.1, -0.05) is 116 Å². The lowest BCUT2D eigenvalue weighted by Crippen LogP contribution is -2.14. The first kappa shape index (κ1) is 29.6. The lowest BCUT2D eigenvalue weighted by Gasteiger charge is -2.26. The fourth-order valence-electron chi connectivity index (χ4n) is 7.39. The van der Waals surface area contributed by atoms with Crippen molar-refractivity contribution in [3.8, 4) is 11.1 Å². The van der Waals surface area contributed by atoms with Crippen molar-refractivity contribution in [3.05, 3.63) is 188 Å². The van der Waals surface area contributed by atoms with Gasteiger partial charge < -0.3 is 13.9 Å². The van der Waals surface area contributed by atoms with E-state index in [0.29, 0.717) is 0 Å². The molecule has 3 heteroatoms. The molecule has 0 saturated heterocycles. The van der Waals surface area contributed by atoms with E-state index in [9.17, 15) is 0 Å². The molecular weight excluding hydrogens is 609 g/mol. The van der Waals surface area contributed by atoms with Crippen LogP contribution in [0.25, 0.3) is 71.3 Å². The first-order chi connectivity index (χ1) is 24.7. The maximum absolute atomic E-state index is 6.20. The summed E-state index contributed by atoms with van der Waals surface area (Å²) >= 11 is 0. The fraction of sp³-hybridized carbons (Fsp3) is 0.0213. The zero-order valence-electron chi connectivity index (χ0n) is 27.8. The van der Waals surface area contributed by atoms with Gasteiger partial charge in [0.15, 0.2) is 0 Å². The molecule has 50 heavy (non-hydrogen) atoms. The van der Waals surface area contributed by atoms with Crippen molar-refractivity contribution in [3.63, 3.8) is 0 Å². The Morgan fingerprint density at radius 3 is 1.90 bits per heavy atom. The van der Waals surface area contributed by atoms with Gasteiger partial charge in [0.05, 0.1) is 11.0 Å². The van der Waals surface area contributed by atoms with Crippen LogP contribution in [0.4, 0.5) is 11.4 Å². The molecule has 9 rings (SSSR count). The average molecular weight is 643 g/mol. The lowest BCUT2D eigenvalue weighted by molar-refractivity contribution is 0.669. The summed E-state index contributed by atoms with van der Waals surface area (Å²) in [5.41, 5.74) is 10.7. The van der Waals surface area contributed by atoms with Crippen molar-refractivity contribution in [1.29, 1.82) is 0 Å². The highest BCUT2D eigenvalue weighted by Crippen LogP contribution is 2.38. The predicted molar refractivity (Wildman–Crippen MR) is 213 cm³/mol. The minimum Gasteiger partial charge on any atom is -0.456 e. The number of para-hydroxylation sites is 3. The molecule has 0 aliphatic rings. The molecule has 2 aromatic heterocycles. The van der Waals surface area contributed by atoms with Crippen molar-refractivity contribution >= 4 is 71.6 Å². The summed E-state index contributed by atoms with van der Waals surface area (Å²) < 4.78 is 8.50. The van der Waals surface area contributed by atoms with Crippen LogP contribution in [0.5, 0.6) is 0 Å². The van der Waals surface area contributed by atoms with E-state index < -0.39 is 0 Å². The monoisotopic (exact) mass is 642 g/mol. The number of furan rings is 1. The van der Waals surface area contributed by atoms with E-state index in [-0.39, 0.29) is 0 Å². The summed E-state index contributed by atoms with van der Waals surface area (Å²) in [6, 6.07) is 55.8. The smallest absolute Gasteiger partial charge is 0.135 e. The van der Waals surface area contributed by atoms with Crippen molar-refractivity contribution in [2.24, 2.45) is 0 Å². The molecule has 0 N–H and O–H groups in total. The van der Waals surface area contributed by atoms with Crippen LogP contribution < -0.4 is 4.90 Å². The number of rotatable bonds is 7. The number of fused-ring (bicyclic) bond motifs is 7. The average Bonchev–Trinajstić information content (AvgIpc) is 3.71. The minimum atomic E-state index is 0.878. The van der Waals surface area contributed by atoms with Gasteiger partial charge in [0.2, 0.25) is 0 Å². The number of hydrogen-bond acceptors (Lipinski definition) is 2. The second kappa shape index (κ2) is 12.1. The Bertz CT molecular complexity index is 2730. The van der Waals surface area contributed by atoms with Crippen LogP contribution in [0.2, 0.25) is 0 Å². The number of allylic oxidation sites excluding steroid dienone is 5. The van der Waals surface area contributed by atoms with E-state index in [1.54, 1.807) is 0 Å². The Morgan fingerprint density at radius 1 is 0.560 bits per heavy atom. The van der Waals surface area contributed by atoms with Crippen LogP contribution in [-0.4, -0.2) is 4.57 Å². The SMILES string of the molecule is C=C/C(=C\C=C(/C)N(c1ccc(-c2cccc3ccccc23)cc1)c1ccc2oc3ccccc3c2c1)n1c2ccccc2c2ccccc21. The molecule has 3 nitrogen and oxygen atoms in total. The van der Waals surface area contributed by atoms with Crippen LogP contribution in [0.3, 0.4) is 0 Å². The first-order valence-electron chi connectivity index (χ1n) is 17.0. The van der Waals surface area contributed by atoms with E-state index in [1.165, 1.54) is 32.7 Å². The number of anilines is 2. The van der Waals surface area contributed by atoms with Gasteiger partial charge in [0.1, 0.15) is 11.2 Å². The molecule has 2 heterocycles. The Kier molecular flexibility index (Phi) is 7.18. The number of hydrogen-bond donors (Lipinski definition) is 0. The molecule has 0 spiro atoms. The topological polar surface area (TPSA) is 21.3 Å². The number of nitrogens with zero attached hydrogens (tertiary/aromatic N) is 2. The fourth-order valence-corrected chi connectivity index (χ4v) is 7.39. The second-order valence-electron chi connectivity index (χ2n) is 12.7. The van der Waals surface area contributed by atoms with E-state index >= 15 is 0 Å². The van der Waals surface area contributed by atoms with Crippen molar-refractivity contribution in [2.75, 3.05) is 4.90 Å². The van der Waals surface area contributed by atoms with Crippen molar-refractivity contribution < 1.29 is 4.42 Å². The largest absolute Gasteiger partial charge is 0.456 e. The quantitative estimate of drug-likeness (QED) is 0.161. The van der Waals surface area contributed by atoms with Gasteiger partial charge in [-0.2, -0.15) is 0 Å². The van der Waals surface area contributed by atoms with Crippen molar-refractivity contribution in [2.45, 2.75) is 6.92 Å². The highest BCUT2D eigenvalue weighted by atomic mass is 16.3. The Morgan fingerprint density at radius 2 is 1.16 bits per heavy atom. The third kappa shape index (κ3) is 4.91. The Labute approximate surface area is 290 Å². The Balaban J connectivity index is 1.19. The minimum absolute atomic E-state index is 0.878. The number of benzene rings is 7. The van der Waals surface area contributed by atoms with Crippen LogP contribution in [-0.2, 0) is 0 Å². The summed E-state index contributed by atoms with van der Waals surface area (Å²) in [6.07, 6.45) is 6.30. The maximum atomic E-state index is 6.20. The Hall–Kier alpha value is -6.58. The standard InChI is InChI=1S/C47H34N2O/c1-3-35(49-44-20-9-6-16-40(44)41-17-7-10-21-45(41)49)26-23-32(2)48(37-29-30-47-43(31-37)42-18-8-11-22-46(42)50-47)36-27-24-34(25-28-36)39-19-12-14-33-13-4-5-15-38(33)39/h3-31H,1H2,2H3/b32-23+,35-26+. The van der Waals surface area contributed by atoms with Crippen LogP contribution in [0.15, 0.2) is 193 Å². The van der Waals surface area contributed by atoms with Crippen LogP contribution in [0.1, 0.15) is 6.92 Å². The summed E-state index contributed by atoms with van der Waals surface area (Å²) in [5, 5.41) is 7.15. The molecular formula is C47H34N2O. The molecule has 0 radical (unpaired) electrons. The summed E-state index contributed by atoms with van der Waals surface area (Å²) in [4.78, 5) is 2.32. The normalized spacial score (nSPS) is 12.4. The summed E-state index contributed by atoms with van der Waals surface area (Å²) in [7, 11) is 0. The third-order valence-corrected chi connectivity index (χ3v) is 9.74. The van der Waals surface area contributed by atoms with E-state index in [2.05, 4.69) is 181 Å². The molecule has 238 valence electrons. The highest BCUT2D eigenvalue weighted by Gasteiger charge is 2.16. The van der Waals surface area contributed by atoms with Crippen LogP contribution in [0, 0.1) is 0 Å². The molecule has 0 aliphatic carbocycles.